The Morgan fingerprint density at radius 2 is 2.10 bits per heavy atom. The van der Waals surface area contributed by atoms with Crippen LogP contribution in [-0.4, -0.2) is 10.3 Å². The van der Waals surface area contributed by atoms with Crippen molar-refractivity contribution in [3.8, 4) is 0 Å². The van der Waals surface area contributed by atoms with E-state index in [4.69, 9.17) is 0 Å². The maximum atomic E-state index is 3.95. The van der Waals surface area contributed by atoms with Crippen molar-refractivity contribution in [1.82, 2.24) is 4.98 Å². The van der Waals surface area contributed by atoms with Crippen molar-refractivity contribution < 1.29 is 0 Å². The predicted octanol–water partition coefficient (Wildman–Crippen LogP) is 2.58. The fourth-order valence-electron chi connectivity index (χ4n) is 0.781. The molecule has 0 bridgehead atoms. The molecule has 0 N–H and O–H groups in total. The maximum absolute atomic E-state index is 3.95. The molecule has 2 heteroatoms. The van der Waals surface area contributed by atoms with Crippen LogP contribution in [0.15, 0.2) is 24.5 Å². The summed E-state index contributed by atoms with van der Waals surface area (Å²) < 4.78 is 0. The molecule has 0 saturated carbocycles. The lowest BCUT2D eigenvalue weighted by molar-refractivity contribution is 0.884. The van der Waals surface area contributed by atoms with Gasteiger partial charge in [0.15, 0.2) is 0 Å². The van der Waals surface area contributed by atoms with Gasteiger partial charge in [-0.15, -0.1) is 0 Å². The highest BCUT2D eigenvalue weighted by Gasteiger charge is 2.00. The van der Waals surface area contributed by atoms with Gasteiger partial charge in [-0.2, -0.15) is 0 Å². The second-order valence-electron chi connectivity index (χ2n) is 2.34. The number of aromatic nitrogens is 1. The van der Waals surface area contributed by atoms with Crippen LogP contribution in [0.1, 0.15) is 18.4 Å². The average Bonchev–Trinajstić information content (AvgIpc) is 2.05. The largest absolute Gasteiger partial charge is 0.265 e. The lowest BCUT2D eigenvalue weighted by atomic mass is 10.1. The van der Waals surface area contributed by atoms with Crippen LogP contribution in [0.3, 0.4) is 0 Å². The van der Waals surface area contributed by atoms with E-state index in [0.29, 0.717) is 5.92 Å². The molecule has 0 amide bonds. The number of alkyl halides is 1. The van der Waals surface area contributed by atoms with Crippen LogP contribution in [0.25, 0.3) is 0 Å². The highest BCUT2D eigenvalue weighted by atomic mass is 79.9. The third kappa shape index (κ3) is 1.81. The molecule has 1 unspecified atom stereocenters. The number of rotatable bonds is 2. The summed E-state index contributed by atoms with van der Waals surface area (Å²) in [6.45, 7) is 2.18. The molecule has 1 heterocycles. The monoisotopic (exact) mass is 199 g/mol. The van der Waals surface area contributed by atoms with Crippen LogP contribution in [0.4, 0.5) is 0 Å². The Bertz CT molecular complexity index is 186. The van der Waals surface area contributed by atoms with Gasteiger partial charge in [0.25, 0.3) is 0 Å². The Hall–Kier alpha value is -0.370. The number of pyridine rings is 1. The standard InChI is InChI=1S/C8H10BrN/c1-7(6-9)8-2-4-10-5-3-8/h2-5,7H,6H2,1H3. The lowest BCUT2D eigenvalue weighted by Crippen LogP contribution is -1.93. The molecule has 1 rings (SSSR count). The van der Waals surface area contributed by atoms with Crippen molar-refractivity contribution in [2.24, 2.45) is 0 Å². The number of hydrogen-bond donors (Lipinski definition) is 0. The summed E-state index contributed by atoms with van der Waals surface area (Å²) in [6.07, 6.45) is 3.66. The molecule has 1 aromatic rings. The van der Waals surface area contributed by atoms with E-state index >= 15 is 0 Å². The van der Waals surface area contributed by atoms with Crippen molar-refractivity contribution in [3.05, 3.63) is 30.1 Å². The summed E-state index contributed by atoms with van der Waals surface area (Å²) in [5.41, 5.74) is 1.34. The lowest BCUT2D eigenvalue weighted by Gasteiger charge is -2.05. The van der Waals surface area contributed by atoms with E-state index in [-0.39, 0.29) is 0 Å². The SMILES string of the molecule is CC(CBr)c1ccncc1. The van der Waals surface area contributed by atoms with Gasteiger partial charge in [-0.1, -0.05) is 22.9 Å². The highest BCUT2D eigenvalue weighted by molar-refractivity contribution is 9.09. The van der Waals surface area contributed by atoms with Crippen LogP contribution in [-0.2, 0) is 0 Å². The van der Waals surface area contributed by atoms with Crippen molar-refractivity contribution >= 4 is 15.9 Å². The maximum Gasteiger partial charge on any atom is 0.0270 e. The Balaban J connectivity index is 2.75. The molecule has 0 aliphatic rings. The molecule has 1 nitrogen and oxygen atoms in total. The van der Waals surface area contributed by atoms with Crippen LogP contribution in [0, 0.1) is 0 Å². The molecule has 0 spiro atoms. The Kier molecular flexibility index (Phi) is 2.87. The first-order valence-corrected chi connectivity index (χ1v) is 4.42. The van der Waals surface area contributed by atoms with Gasteiger partial charge >= 0.3 is 0 Å². The molecule has 0 aliphatic heterocycles. The van der Waals surface area contributed by atoms with E-state index in [9.17, 15) is 0 Å². The molecule has 0 aromatic carbocycles. The van der Waals surface area contributed by atoms with Crippen molar-refractivity contribution in [2.45, 2.75) is 12.8 Å². The summed E-state index contributed by atoms with van der Waals surface area (Å²) in [6, 6.07) is 4.10. The van der Waals surface area contributed by atoms with Crippen molar-refractivity contribution in [2.75, 3.05) is 5.33 Å². The molecule has 54 valence electrons. The molecule has 1 aromatic heterocycles. The van der Waals surface area contributed by atoms with Gasteiger partial charge in [0, 0.05) is 17.7 Å². The molecule has 0 radical (unpaired) electrons. The smallest absolute Gasteiger partial charge is 0.0270 e. The van der Waals surface area contributed by atoms with Gasteiger partial charge in [-0.05, 0) is 23.6 Å². The molecule has 0 fully saturated rings. The number of hydrogen-bond acceptors (Lipinski definition) is 1. The van der Waals surface area contributed by atoms with Crippen LogP contribution < -0.4 is 0 Å². The highest BCUT2D eigenvalue weighted by Crippen LogP contribution is 2.15. The topological polar surface area (TPSA) is 12.9 Å². The quantitative estimate of drug-likeness (QED) is 0.668. The summed E-state index contributed by atoms with van der Waals surface area (Å²) in [5.74, 6) is 0.586. The van der Waals surface area contributed by atoms with Crippen LogP contribution in [0.5, 0.6) is 0 Å². The average molecular weight is 200 g/mol. The van der Waals surface area contributed by atoms with E-state index in [1.165, 1.54) is 5.56 Å². The van der Waals surface area contributed by atoms with Gasteiger partial charge < -0.3 is 0 Å². The van der Waals surface area contributed by atoms with Gasteiger partial charge in [-0.25, -0.2) is 0 Å². The molecule has 1 atom stereocenters. The molecular formula is C8H10BrN. The van der Waals surface area contributed by atoms with Gasteiger partial charge in [0.05, 0.1) is 0 Å². The molecule has 10 heavy (non-hydrogen) atoms. The first-order valence-electron chi connectivity index (χ1n) is 3.30. The molecule has 0 aliphatic carbocycles. The summed E-state index contributed by atoms with van der Waals surface area (Å²) in [7, 11) is 0. The van der Waals surface area contributed by atoms with E-state index in [0.717, 1.165) is 5.33 Å². The minimum Gasteiger partial charge on any atom is -0.265 e. The summed E-state index contributed by atoms with van der Waals surface area (Å²) in [4.78, 5) is 3.95. The normalized spacial score (nSPS) is 13.0. The summed E-state index contributed by atoms with van der Waals surface area (Å²) in [5, 5.41) is 1.01. The van der Waals surface area contributed by atoms with E-state index < -0.39 is 0 Å². The Morgan fingerprint density at radius 1 is 1.50 bits per heavy atom. The zero-order valence-corrected chi connectivity index (χ0v) is 7.51. The van der Waals surface area contributed by atoms with E-state index in [1.807, 2.05) is 24.5 Å². The predicted molar refractivity (Wildman–Crippen MR) is 46.4 cm³/mol. The fraction of sp³-hybridized carbons (Fsp3) is 0.375. The van der Waals surface area contributed by atoms with Crippen molar-refractivity contribution in [1.29, 1.82) is 0 Å². The van der Waals surface area contributed by atoms with Crippen molar-refractivity contribution in [3.63, 3.8) is 0 Å². The Morgan fingerprint density at radius 3 is 2.60 bits per heavy atom. The van der Waals surface area contributed by atoms with Crippen LogP contribution in [0.2, 0.25) is 0 Å². The molecular weight excluding hydrogens is 190 g/mol. The second-order valence-corrected chi connectivity index (χ2v) is 2.98. The van der Waals surface area contributed by atoms with Crippen LogP contribution >= 0.6 is 15.9 Å². The zero-order chi connectivity index (χ0) is 7.40. The molecule has 0 saturated heterocycles. The van der Waals surface area contributed by atoms with E-state index in [1.54, 1.807) is 0 Å². The number of nitrogens with zero attached hydrogens (tertiary/aromatic N) is 1. The third-order valence-corrected chi connectivity index (χ3v) is 2.48. The minimum atomic E-state index is 0.586. The number of halogens is 1. The first-order chi connectivity index (χ1) is 4.84. The first kappa shape index (κ1) is 7.73. The Labute approximate surface area is 69.6 Å². The minimum absolute atomic E-state index is 0.586. The summed E-state index contributed by atoms with van der Waals surface area (Å²) >= 11 is 3.43. The van der Waals surface area contributed by atoms with E-state index in [2.05, 4.69) is 27.8 Å². The van der Waals surface area contributed by atoms with Gasteiger partial charge in [0.2, 0.25) is 0 Å². The van der Waals surface area contributed by atoms with Gasteiger partial charge in [0.1, 0.15) is 0 Å². The van der Waals surface area contributed by atoms with Gasteiger partial charge in [-0.3, -0.25) is 4.98 Å². The second kappa shape index (κ2) is 3.71. The fourth-order valence-corrected chi connectivity index (χ4v) is 1.15. The zero-order valence-electron chi connectivity index (χ0n) is 5.92. The third-order valence-electron chi connectivity index (χ3n) is 1.51.